The first-order valence-corrected chi connectivity index (χ1v) is 9.56. The number of quaternary nitrogens is 1. The standard InChI is InChI=1S/C22H28N2O5/c1-5-29-22(26)17-7-9-18(10-8-17)23-21(25)15-24(2)13-12-16-6-11-19(27-3)20(14-16)28-4/h6-11,14H,5,12-13,15H2,1-4H3,(H,23,25)/p+1. The molecule has 0 aliphatic carbocycles. The number of nitrogens with one attached hydrogen (secondary N) is 2. The number of rotatable bonds is 10. The predicted molar refractivity (Wildman–Crippen MR) is 111 cm³/mol. The summed E-state index contributed by atoms with van der Waals surface area (Å²) in [6, 6.07) is 12.5. The summed E-state index contributed by atoms with van der Waals surface area (Å²) >= 11 is 0. The highest BCUT2D eigenvalue weighted by atomic mass is 16.5. The molecule has 1 unspecified atom stereocenters. The average Bonchev–Trinajstić information content (AvgIpc) is 2.72. The number of carbonyl (C=O) groups excluding carboxylic acids is 2. The summed E-state index contributed by atoms with van der Waals surface area (Å²) < 4.78 is 15.5. The molecule has 29 heavy (non-hydrogen) atoms. The van der Waals surface area contributed by atoms with E-state index in [0.29, 0.717) is 35.9 Å². The van der Waals surface area contributed by atoms with Gasteiger partial charge in [-0.3, -0.25) is 4.79 Å². The molecular formula is C22H29N2O5+. The predicted octanol–water partition coefficient (Wildman–Crippen LogP) is 1.58. The van der Waals surface area contributed by atoms with Crippen molar-refractivity contribution in [3.05, 3.63) is 53.6 Å². The van der Waals surface area contributed by atoms with E-state index in [1.165, 1.54) is 0 Å². The summed E-state index contributed by atoms with van der Waals surface area (Å²) in [4.78, 5) is 25.0. The molecule has 0 bridgehead atoms. The molecule has 0 saturated heterocycles. The van der Waals surface area contributed by atoms with Gasteiger partial charge >= 0.3 is 5.97 Å². The summed E-state index contributed by atoms with van der Waals surface area (Å²) in [5.41, 5.74) is 2.23. The molecular weight excluding hydrogens is 372 g/mol. The number of carbonyl (C=O) groups is 2. The van der Waals surface area contributed by atoms with Crippen LogP contribution in [0.1, 0.15) is 22.8 Å². The second kappa shape index (κ2) is 11.1. The second-order valence-electron chi connectivity index (χ2n) is 6.67. The van der Waals surface area contributed by atoms with E-state index in [1.54, 1.807) is 45.4 Å². The number of ether oxygens (including phenoxy) is 3. The number of hydrogen-bond donors (Lipinski definition) is 2. The van der Waals surface area contributed by atoms with Crippen LogP contribution in [-0.2, 0) is 16.0 Å². The van der Waals surface area contributed by atoms with Gasteiger partial charge in [-0.15, -0.1) is 0 Å². The Morgan fingerprint density at radius 3 is 2.31 bits per heavy atom. The molecule has 1 amide bonds. The fourth-order valence-corrected chi connectivity index (χ4v) is 2.87. The van der Waals surface area contributed by atoms with Crippen molar-refractivity contribution in [3.8, 4) is 11.5 Å². The Bertz CT molecular complexity index is 820. The first-order chi connectivity index (χ1) is 14.0. The van der Waals surface area contributed by atoms with Gasteiger partial charge < -0.3 is 24.4 Å². The Balaban J connectivity index is 1.82. The lowest BCUT2D eigenvalue weighted by Gasteiger charge is -2.15. The Labute approximate surface area is 171 Å². The molecule has 156 valence electrons. The second-order valence-corrected chi connectivity index (χ2v) is 6.67. The van der Waals surface area contributed by atoms with Crippen molar-refractivity contribution < 1.29 is 28.7 Å². The molecule has 7 heteroatoms. The zero-order valence-corrected chi connectivity index (χ0v) is 17.4. The van der Waals surface area contributed by atoms with Gasteiger partial charge in [-0.2, -0.15) is 0 Å². The van der Waals surface area contributed by atoms with Crippen LogP contribution in [0.4, 0.5) is 5.69 Å². The van der Waals surface area contributed by atoms with Crippen LogP contribution in [0.5, 0.6) is 11.5 Å². The van der Waals surface area contributed by atoms with Gasteiger partial charge in [0.25, 0.3) is 5.91 Å². The molecule has 2 aromatic rings. The zero-order chi connectivity index (χ0) is 21.2. The highest BCUT2D eigenvalue weighted by Crippen LogP contribution is 2.27. The third-order valence-corrected chi connectivity index (χ3v) is 4.43. The van der Waals surface area contributed by atoms with E-state index in [0.717, 1.165) is 23.4 Å². The molecule has 2 N–H and O–H groups in total. The number of methoxy groups -OCH3 is 2. The van der Waals surface area contributed by atoms with Crippen molar-refractivity contribution in [2.75, 3.05) is 46.3 Å². The lowest BCUT2D eigenvalue weighted by Crippen LogP contribution is -3.10. The van der Waals surface area contributed by atoms with Crippen molar-refractivity contribution in [1.82, 2.24) is 0 Å². The molecule has 2 rings (SSSR count). The molecule has 7 nitrogen and oxygen atoms in total. The average molecular weight is 401 g/mol. The monoisotopic (exact) mass is 401 g/mol. The van der Waals surface area contributed by atoms with Crippen molar-refractivity contribution >= 4 is 17.6 Å². The van der Waals surface area contributed by atoms with E-state index in [2.05, 4.69) is 5.32 Å². The van der Waals surface area contributed by atoms with Crippen LogP contribution in [-0.4, -0.2) is 52.8 Å². The third-order valence-electron chi connectivity index (χ3n) is 4.43. The van der Waals surface area contributed by atoms with E-state index in [1.807, 2.05) is 25.2 Å². The van der Waals surface area contributed by atoms with Crippen LogP contribution in [0.2, 0.25) is 0 Å². The summed E-state index contributed by atoms with van der Waals surface area (Å²) in [5, 5.41) is 2.85. The molecule has 0 aromatic heterocycles. The van der Waals surface area contributed by atoms with Gasteiger partial charge in [-0.05, 0) is 48.9 Å². The van der Waals surface area contributed by atoms with Crippen LogP contribution < -0.4 is 19.7 Å². The van der Waals surface area contributed by atoms with Crippen molar-refractivity contribution in [3.63, 3.8) is 0 Å². The van der Waals surface area contributed by atoms with Crippen LogP contribution in [0, 0.1) is 0 Å². The minimum absolute atomic E-state index is 0.0845. The summed E-state index contributed by atoms with van der Waals surface area (Å²) in [7, 11) is 5.20. The fraction of sp³-hybridized carbons (Fsp3) is 0.364. The number of hydrogen-bond acceptors (Lipinski definition) is 5. The van der Waals surface area contributed by atoms with Crippen molar-refractivity contribution in [1.29, 1.82) is 0 Å². The van der Waals surface area contributed by atoms with Gasteiger partial charge in [0, 0.05) is 12.1 Å². The highest BCUT2D eigenvalue weighted by Gasteiger charge is 2.12. The summed E-state index contributed by atoms with van der Waals surface area (Å²) in [6.45, 7) is 3.23. The third kappa shape index (κ3) is 6.80. The van der Waals surface area contributed by atoms with E-state index in [9.17, 15) is 9.59 Å². The molecule has 2 aromatic carbocycles. The van der Waals surface area contributed by atoms with E-state index >= 15 is 0 Å². The highest BCUT2D eigenvalue weighted by molar-refractivity contribution is 5.93. The first kappa shape index (κ1) is 22.2. The lowest BCUT2D eigenvalue weighted by atomic mass is 10.1. The quantitative estimate of drug-likeness (QED) is 0.591. The van der Waals surface area contributed by atoms with Crippen LogP contribution >= 0.6 is 0 Å². The minimum atomic E-state index is -0.371. The molecule has 0 fully saturated rings. The number of amides is 1. The fourth-order valence-electron chi connectivity index (χ4n) is 2.87. The summed E-state index contributed by atoms with van der Waals surface area (Å²) in [6.07, 6.45) is 0.813. The first-order valence-electron chi connectivity index (χ1n) is 9.56. The number of anilines is 1. The van der Waals surface area contributed by atoms with Gasteiger partial charge in [0.05, 0.1) is 40.0 Å². The number of esters is 1. The maximum absolute atomic E-state index is 12.3. The maximum atomic E-state index is 12.3. The molecule has 0 aliphatic heterocycles. The lowest BCUT2D eigenvalue weighted by molar-refractivity contribution is -0.870. The molecule has 1 atom stereocenters. The van der Waals surface area contributed by atoms with E-state index in [4.69, 9.17) is 14.2 Å². The smallest absolute Gasteiger partial charge is 0.338 e. The normalized spacial score (nSPS) is 11.4. The Kier molecular flexibility index (Phi) is 8.48. The molecule has 0 aliphatic rings. The van der Waals surface area contributed by atoms with E-state index < -0.39 is 0 Å². The number of benzene rings is 2. The van der Waals surface area contributed by atoms with Gasteiger partial charge in [-0.25, -0.2) is 4.79 Å². The number of likely N-dealkylation sites (N-methyl/N-ethyl adjacent to an activating group) is 1. The molecule has 0 heterocycles. The van der Waals surface area contributed by atoms with Crippen molar-refractivity contribution in [2.45, 2.75) is 13.3 Å². The van der Waals surface area contributed by atoms with Crippen molar-refractivity contribution in [2.24, 2.45) is 0 Å². The maximum Gasteiger partial charge on any atom is 0.338 e. The van der Waals surface area contributed by atoms with E-state index in [-0.39, 0.29) is 11.9 Å². The van der Waals surface area contributed by atoms with Gasteiger partial charge in [-0.1, -0.05) is 6.07 Å². The SMILES string of the molecule is CCOC(=O)c1ccc(NC(=O)C[NH+](C)CCc2ccc(OC)c(OC)c2)cc1. The molecule has 0 saturated carbocycles. The zero-order valence-electron chi connectivity index (χ0n) is 17.4. The van der Waals surface area contributed by atoms with Gasteiger partial charge in [0.15, 0.2) is 18.0 Å². The topological polar surface area (TPSA) is 78.3 Å². The van der Waals surface area contributed by atoms with Gasteiger partial charge in [0.1, 0.15) is 0 Å². The summed E-state index contributed by atoms with van der Waals surface area (Å²) in [5.74, 6) is 0.945. The minimum Gasteiger partial charge on any atom is -0.493 e. The van der Waals surface area contributed by atoms with Crippen LogP contribution in [0.25, 0.3) is 0 Å². The molecule has 0 radical (unpaired) electrons. The Hall–Kier alpha value is -3.06. The van der Waals surface area contributed by atoms with Crippen LogP contribution in [0.3, 0.4) is 0 Å². The largest absolute Gasteiger partial charge is 0.493 e. The van der Waals surface area contributed by atoms with Crippen LogP contribution in [0.15, 0.2) is 42.5 Å². The Morgan fingerprint density at radius 1 is 1.00 bits per heavy atom. The molecule has 0 spiro atoms. The van der Waals surface area contributed by atoms with Gasteiger partial charge in [0.2, 0.25) is 0 Å². The Morgan fingerprint density at radius 2 is 1.69 bits per heavy atom.